The highest BCUT2D eigenvalue weighted by Crippen LogP contribution is 2.64. The number of amides is 4. The molecule has 4 aromatic carbocycles. The Morgan fingerprint density at radius 1 is 0.813 bits per heavy atom. The van der Waals surface area contributed by atoms with E-state index in [-0.39, 0.29) is 112 Å². The second-order valence-electron chi connectivity index (χ2n) is 23.6. The van der Waals surface area contributed by atoms with Gasteiger partial charge < -0.3 is 71.3 Å². The highest BCUT2D eigenvalue weighted by molar-refractivity contribution is 5.92. The van der Waals surface area contributed by atoms with E-state index in [1.165, 1.54) is 36.6 Å². The molecule has 0 saturated carbocycles. The number of methoxy groups -OCH3 is 1. The molecule has 0 aromatic heterocycles. The van der Waals surface area contributed by atoms with E-state index in [2.05, 4.69) is 39.0 Å². The molecule has 0 radical (unpaired) electrons. The van der Waals surface area contributed by atoms with Gasteiger partial charge in [0.2, 0.25) is 17.7 Å². The number of amidine groups is 1. The van der Waals surface area contributed by atoms with Crippen molar-refractivity contribution in [1.82, 2.24) is 25.8 Å². The number of Topliss-reactive ketones (excluding diaryl/α,β-unsaturated/α-hetero) is 2. The molecule has 2 aliphatic heterocycles. The van der Waals surface area contributed by atoms with Crippen LogP contribution in [-0.4, -0.2) is 141 Å². The largest absolute Gasteiger partial charge is 0.493 e. The van der Waals surface area contributed by atoms with Gasteiger partial charge in [0.15, 0.2) is 29.3 Å². The van der Waals surface area contributed by atoms with Crippen molar-refractivity contribution >= 4 is 64.8 Å². The van der Waals surface area contributed by atoms with Crippen molar-refractivity contribution in [3.63, 3.8) is 0 Å². The van der Waals surface area contributed by atoms with Gasteiger partial charge in [-0.05, 0) is 150 Å². The quantitative estimate of drug-likeness (QED) is 0.00880. The fourth-order valence-corrected chi connectivity index (χ4v) is 12.6. The number of esters is 2. The van der Waals surface area contributed by atoms with Crippen LogP contribution >= 0.6 is 0 Å². The maximum atomic E-state index is 14.6. The van der Waals surface area contributed by atoms with Crippen molar-refractivity contribution in [2.24, 2.45) is 34.0 Å². The number of nitrogens with one attached hydrogen (secondary N) is 4. The average molecular weight is 1250 g/mol. The first-order chi connectivity index (χ1) is 43.7. The first-order valence-electron chi connectivity index (χ1n) is 31.0. The first-order valence-corrected chi connectivity index (χ1v) is 31.0. The maximum Gasteiger partial charge on any atom is 0.415 e. The SMILES string of the molecule is COc1ccc2c3c1OC1C(OC(=O)N(C)C(CCC(=O)[C@H](CCCCC(=N)N)NC(=O)CCC(C)=O)C(=O)NCCCC[C@H](CC(=O)OCc4ccccc4)C(=O)NCCOc4ccc(C(=O)Oc5ccc(N=C(N)N)cc5)cc4)=CC[C@H]4[C@@H](C2)N(C)CC[C@]314. The highest BCUT2D eigenvalue weighted by atomic mass is 16.6. The van der Waals surface area contributed by atoms with Crippen LogP contribution in [0.5, 0.6) is 23.0 Å². The fourth-order valence-electron chi connectivity index (χ4n) is 12.6. The number of carbonyl (C=O) groups excluding carboxylic acids is 8. The molecule has 4 aromatic rings. The molecule has 7 atom stereocenters. The van der Waals surface area contributed by atoms with Crippen LogP contribution in [0.3, 0.4) is 0 Å². The molecular formula is C67H84N10O14. The van der Waals surface area contributed by atoms with Gasteiger partial charge >= 0.3 is 18.0 Å². The van der Waals surface area contributed by atoms with Crippen molar-refractivity contribution in [2.45, 2.75) is 139 Å². The normalized spacial score (nSPS) is 18.4. The molecule has 2 heterocycles. The summed E-state index contributed by atoms with van der Waals surface area (Å²) in [7, 11) is 5.17. The number of aliphatic imine (C=N–C) groups is 1. The number of nitrogens with two attached hydrogens (primary N) is 3. The third-order valence-electron chi connectivity index (χ3n) is 17.3. The summed E-state index contributed by atoms with van der Waals surface area (Å²) < 4.78 is 35.8. The molecule has 10 N–H and O–H groups in total. The second-order valence-corrected chi connectivity index (χ2v) is 23.6. The average Bonchev–Trinajstić information content (AvgIpc) is 1.58. The Labute approximate surface area is 529 Å². The maximum absolute atomic E-state index is 14.6. The number of ether oxygens (including phenoxy) is 6. The van der Waals surface area contributed by atoms with Crippen LogP contribution in [0, 0.1) is 17.2 Å². The number of guanidine groups is 1. The lowest BCUT2D eigenvalue weighted by atomic mass is 9.53. The molecule has 24 nitrogen and oxygen atoms in total. The van der Waals surface area contributed by atoms with Crippen LogP contribution in [0.4, 0.5) is 10.5 Å². The summed E-state index contributed by atoms with van der Waals surface area (Å²) in [5, 5.41) is 16.2. The second kappa shape index (κ2) is 31.9. The third-order valence-corrected chi connectivity index (χ3v) is 17.3. The van der Waals surface area contributed by atoms with E-state index in [9.17, 15) is 38.4 Å². The van der Waals surface area contributed by atoms with Crippen LogP contribution in [0.1, 0.15) is 124 Å². The minimum Gasteiger partial charge on any atom is -0.493 e. The molecule has 4 amide bonds. The number of likely N-dealkylation sites (N-methyl/N-ethyl adjacent to an activating group) is 2. The zero-order chi connectivity index (χ0) is 65.2. The lowest BCUT2D eigenvalue weighted by molar-refractivity contribution is -0.148. The molecule has 2 bridgehead atoms. The summed E-state index contributed by atoms with van der Waals surface area (Å²) in [5.74, 6) is -1.75. The minimum atomic E-state index is -1.25. The van der Waals surface area contributed by atoms with E-state index in [1.807, 2.05) is 42.5 Å². The van der Waals surface area contributed by atoms with Crippen LogP contribution in [-0.2, 0) is 56.7 Å². The van der Waals surface area contributed by atoms with Gasteiger partial charge in [-0.2, -0.15) is 0 Å². The summed E-state index contributed by atoms with van der Waals surface area (Å²) in [6.07, 6.45) is 4.26. The molecule has 2 aliphatic carbocycles. The lowest BCUT2D eigenvalue weighted by Crippen LogP contribution is -2.63. The Morgan fingerprint density at radius 3 is 2.25 bits per heavy atom. The van der Waals surface area contributed by atoms with Crippen LogP contribution in [0.15, 0.2) is 108 Å². The number of benzene rings is 4. The van der Waals surface area contributed by atoms with Gasteiger partial charge in [0.05, 0.1) is 43.2 Å². The molecular weight excluding hydrogens is 1170 g/mol. The number of unbranched alkanes of at least 4 members (excludes halogenated alkanes) is 2. The van der Waals surface area contributed by atoms with Gasteiger partial charge in [0.1, 0.15) is 42.3 Å². The third kappa shape index (κ3) is 17.8. The number of carbonyl (C=O) groups is 8. The van der Waals surface area contributed by atoms with Crippen molar-refractivity contribution in [3.05, 3.63) is 125 Å². The standard InChI is InChI=1S/C67H84N10O14/c1-41(78)17-32-57(80)75-50(15-8-9-16-56(68)69)53(79)29-28-51(77(3)66(85)90-55-31-27-49-52-38-44-20-30-54(86-4)60-59(44)67(49,61(55)91-60)33-36-76(52)2)63(83)72-34-11-10-14-45(39-58(81)88-40-42-12-6-5-7-13-42)62(82)73-35-37-87-47-23-18-43(19-24-47)64(84)89-48-25-21-46(22-26-48)74-65(70)71/h5-7,12-13,18-26,30-31,45,49-52,61H,8-11,14-17,27-29,32-40H2,1-4H3,(H3,68,69)(H,72,83)(H,73,82)(H,75,80)(H4,70,71,74)/t45-,49+,50+,51?,52-,61?,67+/m1/s1. The Kier molecular flexibility index (Phi) is 23.7. The highest BCUT2D eigenvalue weighted by Gasteiger charge is 2.65. The molecule has 2 unspecified atom stereocenters. The van der Waals surface area contributed by atoms with Crippen LogP contribution in [0.25, 0.3) is 0 Å². The number of hydrogen-bond acceptors (Lipinski definition) is 17. The Morgan fingerprint density at radius 2 is 1.54 bits per heavy atom. The summed E-state index contributed by atoms with van der Waals surface area (Å²) in [4.78, 5) is 116. The molecule has 1 fully saturated rings. The molecule has 486 valence electrons. The zero-order valence-electron chi connectivity index (χ0n) is 52.1. The van der Waals surface area contributed by atoms with Crippen LogP contribution < -0.4 is 52.1 Å². The summed E-state index contributed by atoms with van der Waals surface area (Å²) in [5.41, 5.74) is 19.8. The van der Waals surface area contributed by atoms with Gasteiger partial charge in [0, 0.05) is 62.2 Å². The summed E-state index contributed by atoms with van der Waals surface area (Å²) in [6.45, 7) is 2.40. The molecule has 1 spiro atoms. The summed E-state index contributed by atoms with van der Waals surface area (Å²) in [6, 6.07) is 23.7. The van der Waals surface area contributed by atoms with E-state index in [0.29, 0.717) is 67.2 Å². The smallest absolute Gasteiger partial charge is 0.415 e. The number of rotatable bonds is 34. The lowest BCUT2D eigenvalue weighted by Gasteiger charge is -2.56. The van der Waals surface area contributed by atoms with Gasteiger partial charge in [-0.3, -0.25) is 34.3 Å². The van der Waals surface area contributed by atoms with Crippen LogP contribution in [0.2, 0.25) is 0 Å². The number of ketones is 2. The zero-order valence-corrected chi connectivity index (χ0v) is 52.1. The van der Waals surface area contributed by atoms with E-state index in [0.717, 1.165) is 30.5 Å². The number of nitrogens with zero attached hydrogens (tertiary/aromatic N) is 3. The Balaban J connectivity index is 0.908. The number of hydrogen-bond donors (Lipinski definition) is 7. The van der Waals surface area contributed by atoms with Crippen molar-refractivity contribution < 1.29 is 66.8 Å². The van der Waals surface area contributed by atoms with Gasteiger partial charge in [-0.15, -0.1) is 0 Å². The summed E-state index contributed by atoms with van der Waals surface area (Å²) >= 11 is 0. The van der Waals surface area contributed by atoms with E-state index < -0.39 is 71.1 Å². The predicted molar refractivity (Wildman–Crippen MR) is 338 cm³/mol. The van der Waals surface area contributed by atoms with E-state index in [4.69, 9.17) is 51.0 Å². The molecule has 4 aliphatic rings. The molecule has 24 heteroatoms. The Hall–Kier alpha value is -9.32. The minimum absolute atomic E-state index is 0.0102. The van der Waals surface area contributed by atoms with Gasteiger partial charge in [-0.1, -0.05) is 49.2 Å². The first kappa shape index (κ1) is 67.6. The van der Waals surface area contributed by atoms with E-state index >= 15 is 0 Å². The van der Waals surface area contributed by atoms with Gasteiger partial charge in [-0.25, -0.2) is 14.6 Å². The molecule has 1 saturated heterocycles. The number of likely N-dealkylation sites (tertiary alicyclic amines) is 1. The van der Waals surface area contributed by atoms with Crippen molar-refractivity contribution in [3.8, 4) is 23.0 Å². The van der Waals surface area contributed by atoms with Crippen molar-refractivity contribution in [2.75, 3.05) is 47.4 Å². The molecule has 8 rings (SSSR count). The Bertz CT molecular complexity index is 3340. The number of piperidine rings is 1. The molecule has 91 heavy (non-hydrogen) atoms. The monoisotopic (exact) mass is 1250 g/mol. The van der Waals surface area contributed by atoms with Gasteiger partial charge in [0.25, 0.3) is 0 Å². The predicted octanol–water partition coefficient (Wildman–Crippen LogP) is 6.35. The topological polar surface area (TPSA) is 349 Å². The fraction of sp³-hybridized carbons (Fsp3) is 0.463. The number of allylic oxidation sites excluding steroid dienone is 1. The van der Waals surface area contributed by atoms with E-state index in [1.54, 1.807) is 43.5 Å². The van der Waals surface area contributed by atoms with Crippen molar-refractivity contribution in [1.29, 1.82) is 5.41 Å².